The number of nitrogens with zero attached hydrogens (tertiary/aromatic N) is 2. The minimum absolute atomic E-state index is 0.0219. The molecule has 1 N–H and O–H groups in total. The molecule has 1 aromatic carbocycles. The van der Waals surface area contributed by atoms with Crippen LogP contribution in [0, 0.1) is 23.0 Å². The summed E-state index contributed by atoms with van der Waals surface area (Å²) in [6, 6.07) is 5.01. The Balaban J connectivity index is 1.93. The van der Waals surface area contributed by atoms with Gasteiger partial charge < -0.3 is 10.2 Å². The molecule has 0 saturated carbocycles. The van der Waals surface area contributed by atoms with E-state index in [4.69, 9.17) is 0 Å². The Morgan fingerprint density at radius 1 is 1.38 bits per heavy atom. The van der Waals surface area contributed by atoms with E-state index in [0.717, 1.165) is 25.1 Å². The summed E-state index contributed by atoms with van der Waals surface area (Å²) in [5.41, 5.74) is 1.13. The molecule has 21 heavy (non-hydrogen) atoms. The van der Waals surface area contributed by atoms with E-state index < -0.39 is 4.92 Å². The first-order valence-electron chi connectivity index (χ1n) is 7.27. The molecule has 2 aliphatic heterocycles. The van der Waals surface area contributed by atoms with Gasteiger partial charge in [0, 0.05) is 42.9 Å². The van der Waals surface area contributed by atoms with Gasteiger partial charge in [0.05, 0.1) is 4.92 Å². The van der Waals surface area contributed by atoms with Gasteiger partial charge in [-0.3, -0.25) is 14.9 Å². The molecule has 2 fully saturated rings. The molecule has 112 valence electrons. The van der Waals surface area contributed by atoms with Gasteiger partial charge in [-0.15, -0.1) is 0 Å². The number of nitro groups is 1. The highest BCUT2D eigenvalue weighted by molar-refractivity contribution is 5.95. The van der Waals surface area contributed by atoms with Crippen LogP contribution in [-0.2, 0) is 0 Å². The third-order valence-electron chi connectivity index (χ3n) is 4.53. The minimum Gasteiger partial charge on any atom is -0.331 e. The van der Waals surface area contributed by atoms with Crippen LogP contribution < -0.4 is 5.32 Å². The van der Waals surface area contributed by atoms with Crippen LogP contribution in [0.25, 0.3) is 0 Å². The van der Waals surface area contributed by atoms with Crippen LogP contribution in [0.3, 0.4) is 0 Å². The molecule has 0 bridgehead atoms. The molecule has 2 heterocycles. The fourth-order valence-corrected chi connectivity index (χ4v) is 3.66. The van der Waals surface area contributed by atoms with Gasteiger partial charge in [-0.1, -0.05) is 0 Å². The molecular weight excluding hydrogens is 270 g/mol. The zero-order valence-electron chi connectivity index (χ0n) is 12.2. The van der Waals surface area contributed by atoms with Gasteiger partial charge in [0.25, 0.3) is 11.6 Å². The lowest BCUT2D eigenvalue weighted by atomic mass is 10.0. The van der Waals surface area contributed by atoms with Crippen molar-refractivity contribution in [3.05, 3.63) is 39.4 Å². The van der Waals surface area contributed by atoms with Crippen LogP contribution in [0.1, 0.15) is 29.3 Å². The van der Waals surface area contributed by atoms with Crippen molar-refractivity contribution in [2.75, 3.05) is 13.1 Å². The highest BCUT2D eigenvalue weighted by Crippen LogP contribution is 2.33. The van der Waals surface area contributed by atoms with E-state index in [1.54, 1.807) is 13.0 Å². The molecule has 6 nitrogen and oxygen atoms in total. The van der Waals surface area contributed by atoms with Gasteiger partial charge in [-0.25, -0.2) is 0 Å². The number of non-ortho nitro benzene ring substituents is 1. The van der Waals surface area contributed by atoms with E-state index >= 15 is 0 Å². The number of benzene rings is 1. The first kappa shape index (κ1) is 14.0. The number of carbonyl (C=O) groups is 1. The zero-order chi connectivity index (χ0) is 15.1. The minimum atomic E-state index is -0.447. The number of likely N-dealkylation sites (tertiary alicyclic amines) is 1. The molecule has 0 aliphatic carbocycles. The number of nitro benzene ring substituents is 1. The summed E-state index contributed by atoms with van der Waals surface area (Å²) in [6.45, 7) is 5.60. The normalized spacial score (nSPS) is 27.7. The molecule has 3 atom stereocenters. The Bertz CT molecular complexity index is 602. The molecule has 2 aliphatic rings. The number of rotatable bonds is 2. The first-order valence-corrected chi connectivity index (χ1v) is 7.27. The van der Waals surface area contributed by atoms with E-state index in [1.165, 1.54) is 12.1 Å². The Kier molecular flexibility index (Phi) is 3.41. The fourth-order valence-electron chi connectivity index (χ4n) is 3.66. The second-order valence-electron chi connectivity index (χ2n) is 6.10. The maximum absolute atomic E-state index is 12.8. The monoisotopic (exact) mass is 289 g/mol. The molecule has 3 unspecified atom stereocenters. The van der Waals surface area contributed by atoms with Gasteiger partial charge >= 0.3 is 0 Å². The van der Waals surface area contributed by atoms with Crippen molar-refractivity contribution < 1.29 is 9.72 Å². The van der Waals surface area contributed by atoms with Crippen molar-refractivity contribution in [1.82, 2.24) is 10.2 Å². The standard InChI is InChI=1S/C15H19N3O3/c1-9-3-11(6-13(4-9)18(20)21)15(19)17-10(2)5-12-7-16-8-14(12)17/h3-4,6,10,12,14,16H,5,7-8H2,1-2H3. The van der Waals surface area contributed by atoms with Crippen molar-refractivity contribution >= 4 is 11.6 Å². The van der Waals surface area contributed by atoms with Gasteiger partial charge in [0.2, 0.25) is 0 Å². The van der Waals surface area contributed by atoms with Crippen LogP contribution in [0.2, 0.25) is 0 Å². The van der Waals surface area contributed by atoms with Crippen LogP contribution in [-0.4, -0.2) is 40.9 Å². The maximum atomic E-state index is 12.8. The van der Waals surface area contributed by atoms with Crippen LogP contribution in [0.4, 0.5) is 5.69 Å². The van der Waals surface area contributed by atoms with Crippen molar-refractivity contribution in [2.24, 2.45) is 5.92 Å². The number of carbonyl (C=O) groups excluding carboxylic acids is 1. The lowest BCUT2D eigenvalue weighted by molar-refractivity contribution is -0.384. The van der Waals surface area contributed by atoms with Crippen molar-refractivity contribution in [3.8, 4) is 0 Å². The number of aryl methyl sites for hydroxylation is 1. The van der Waals surface area contributed by atoms with E-state index in [9.17, 15) is 14.9 Å². The summed E-state index contributed by atoms with van der Waals surface area (Å²) in [5.74, 6) is 0.411. The number of amides is 1. The highest BCUT2D eigenvalue weighted by atomic mass is 16.6. The second-order valence-corrected chi connectivity index (χ2v) is 6.10. The van der Waals surface area contributed by atoms with E-state index in [-0.39, 0.29) is 23.7 Å². The predicted molar refractivity (Wildman–Crippen MR) is 78.2 cm³/mol. The molecule has 0 aromatic heterocycles. The molecule has 0 radical (unpaired) electrons. The Morgan fingerprint density at radius 3 is 2.86 bits per heavy atom. The number of nitrogens with one attached hydrogen (secondary N) is 1. The summed E-state index contributed by atoms with van der Waals surface area (Å²) in [7, 11) is 0. The van der Waals surface area contributed by atoms with Crippen molar-refractivity contribution in [1.29, 1.82) is 0 Å². The van der Waals surface area contributed by atoms with E-state index in [0.29, 0.717) is 11.5 Å². The predicted octanol–water partition coefficient (Wildman–Crippen LogP) is 1.73. The number of fused-ring (bicyclic) bond motifs is 1. The number of hydrogen-bond donors (Lipinski definition) is 1. The highest BCUT2D eigenvalue weighted by Gasteiger charge is 2.44. The van der Waals surface area contributed by atoms with Gasteiger partial charge in [-0.2, -0.15) is 0 Å². The summed E-state index contributed by atoms with van der Waals surface area (Å²) in [6.07, 6.45) is 0.997. The van der Waals surface area contributed by atoms with E-state index in [1.807, 2.05) is 4.90 Å². The molecule has 3 rings (SSSR count). The molecule has 1 amide bonds. The molecular formula is C15H19N3O3. The third-order valence-corrected chi connectivity index (χ3v) is 4.53. The quantitative estimate of drug-likeness (QED) is 0.664. The summed E-state index contributed by atoms with van der Waals surface area (Å²) >= 11 is 0. The number of hydrogen-bond acceptors (Lipinski definition) is 4. The summed E-state index contributed by atoms with van der Waals surface area (Å²) in [5, 5.41) is 14.3. The topological polar surface area (TPSA) is 75.5 Å². The molecule has 6 heteroatoms. The van der Waals surface area contributed by atoms with Gasteiger partial charge in [0.15, 0.2) is 0 Å². The third kappa shape index (κ3) is 2.40. The lowest BCUT2D eigenvalue weighted by Gasteiger charge is -2.27. The summed E-state index contributed by atoms with van der Waals surface area (Å²) < 4.78 is 0. The maximum Gasteiger partial charge on any atom is 0.270 e. The lowest BCUT2D eigenvalue weighted by Crippen LogP contribution is -2.42. The second kappa shape index (κ2) is 5.11. The average Bonchev–Trinajstić information content (AvgIpc) is 2.97. The summed E-state index contributed by atoms with van der Waals surface area (Å²) in [4.78, 5) is 25.2. The molecule has 1 aromatic rings. The fraction of sp³-hybridized carbons (Fsp3) is 0.533. The molecule has 2 saturated heterocycles. The Hall–Kier alpha value is -1.95. The molecule has 0 spiro atoms. The zero-order valence-corrected chi connectivity index (χ0v) is 12.2. The van der Waals surface area contributed by atoms with Crippen molar-refractivity contribution in [2.45, 2.75) is 32.4 Å². The van der Waals surface area contributed by atoms with Crippen LogP contribution in [0.15, 0.2) is 18.2 Å². The average molecular weight is 289 g/mol. The van der Waals surface area contributed by atoms with Crippen LogP contribution >= 0.6 is 0 Å². The smallest absolute Gasteiger partial charge is 0.270 e. The Morgan fingerprint density at radius 2 is 2.14 bits per heavy atom. The largest absolute Gasteiger partial charge is 0.331 e. The first-order chi connectivity index (χ1) is 9.97. The van der Waals surface area contributed by atoms with Crippen LogP contribution in [0.5, 0.6) is 0 Å². The Labute approximate surface area is 123 Å². The van der Waals surface area contributed by atoms with Gasteiger partial charge in [0.1, 0.15) is 0 Å². The van der Waals surface area contributed by atoms with E-state index in [2.05, 4.69) is 12.2 Å². The van der Waals surface area contributed by atoms with Crippen molar-refractivity contribution in [3.63, 3.8) is 0 Å². The SMILES string of the molecule is Cc1cc(C(=O)N2C(C)CC3CNCC32)cc([N+](=O)[O-])c1. The van der Waals surface area contributed by atoms with Gasteiger partial charge in [-0.05, 0) is 37.8 Å².